The highest BCUT2D eigenvalue weighted by atomic mass is 127. The van der Waals surface area contributed by atoms with Crippen molar-refractivity contribution in [1.29, 1.82) is 0 Å². The first-order chi connectivity index (χ1) is 7.65. The molecule has 4 N–H and O–H groups in total. The van der Waals surface area contributed by atoms with Gasteiger partial charge in [-0.2, -0.15) is 0 Å². The van der Waals surface area contributed by atoms with Gasteiger partial charge in [0, 0.05) is 24.7 Å². The van der Waals surface area contributed by atoms with Crippen LogP contribution in [0.5, 0.6) is 0 Å². The quantitative estimate of drug-likeness (QED) is 0.648. The van der Waals surface area contributed by atoms with Crippen molar-refractivity contribution in [3.8, 4) is 0 Å². The Hall–Kier alpha value is -0.880. The van der Waals surface area contributed by atoms with E-state index >= 15 is 0 Å². The Balaban J connectivity index is 2.20. The first-order valence-electron chi connectivity index (χ1n) is 4.73. The zero-order valence-corrected chi connectivity index (χ0v) is 11.5. The summed E-state index contributed by atoms with van der Waals surface area (Å²) in [6.45, 7) is 0. The lowest BCUT2D eigenvalue weighted by atomic mass is 10.3. The van der Waals surface area contributed by atoms with Gasteiger partial charge in [0.05, 0.1) is 0 Å². The van der Waals surface area contributed by atoms with E-state index in [2.05, 4.69) is 28.7 Å². The van der Waals surface area contributed by atoms with Crippen molar-refractivity contribution in [2.75, 3.05) is 11.5 Å². The molecule has 2 aromatic carbocycles. The van der Waals surface area contributed by atoms with E-state index in [9.17, 15) is 0 Å². The lowest BCUT2D eigenvalue weighted by molar-refractivity contribution is 1.40. The van der Waals surface area contributed by atoms with Crippen molar-refractivity contribution in [3.05, 3.63) is 46.0 Å². The van der Waals surface area contributed by atoms with E-state index in [1.165, 1.54) is 0 Å². The predicted molar refractivity (Wildman–Crippen MR) is 78.5 cm³/mol. The zero-order valence-electron chi connectivity index (χ0n) is 8.48. The number of nitrogen functional groups attached to an aromatic ring is 2. The van der Waals surface area contributed by atoms with Crippen LogP contribution >= 0.6 is 34.4 Å². The third-order valence-electron chi connectivity index (χ3n) is 2.08. The minimum atomic E-state index is 0.784. The van der Waals surface area contributed by atoms with Gasteiger partial charge < -0.3 is 11.5 Å². The van der Waals surface area contributed by atoms with E-state index in [-0.39, 0.29) is 0 Å². The van der Waals surface area contributed by atoms with Gasteiger partial charge in [-0.25, -0.2) is 0 Å². The summed E-state index contributed by atoms with van der Waals surface area (Å²) in [6, 6.07) is 13.9. The van der Waals surface area contributed by atoms with Crippen molar-refractivity contribution >= 4 is 45.7 Å². The van der Waals surface area contributed by atoms with Gasteiger partial charge in [-0.05, 0) is 65.1 Å². The number of rotatable bonds is 2. The molecule has 0 aliphatic heterocycles. The Bertz CT molecular complexity index is 497. The summed E-state index contributed by atoms with van der Waals surface area (Å²) in [5, 5.41) is 0. The van der Waals surface area contributed by atoms with Gasteiger partial charge in [-0.3, -0.25) is 0 Å². The van der Waals surface area contributed by atoms with Crippen molar-refractivity contribution in [1.82, 2.24) is 0 Å². The van der Waals surface area contributed by atoms with Crippen molar-refractivity contribution in [3.63, 3.8) is 0 Å². The monoisotopic (exact) mass is 342 g/mol. The molecule has 0 atom stereocenters. The van der Waals surface area contributed by atoms with Crippen LogP contribution in [0.2, 0.25) is 0 Å². The Labute approximate surface area is 113 Å². The number of nitrogens with two attached hydrogens (primary N) is 2. The number of halogens is 1. The second-order valence-corrected chi connectivity index (χ2v) is 5.66. The van der Waals surface area contributed by atoms with Crippen LogP contribution < -0.4 is 11.5 Å². The van der Waals surface area contributed by atoms with Crippen LogP contribution in [-0.2, 0) is 0 Å². The molecule has 0 saturated carbocycles. The minimum absolute atomic E-state index is 0.784. The summed E-state index contributed by atoms with van der Waals surface area (Å²) in [7, 11) is 0. The molecule has 0 spiro atoms. The van der Waals surface area contributed by atoms with Crippen LogP contribution in [-0.4, -0.2) is 0 Å². The topological polar surface area (TPSA) is 52.0 Å². The van der Waals surface area contributed by atoms with Crippen molar-refractivity contribution < 1.29 is 0 Å². The first-order valence-corrected chi connectivity index (χ1v) is 6.63. The smallest absolute Gasteiger partial charge is 0.0461 e. The Morgan fingerprint density at radius 3 is 2.12 bits per heavy atom. The number of hydrogen-bond acceptors (Lipinski definition) is 3. The molecule has 16 heavy (non-hydrogen) atoms. The molecule has 0 aliphatic rings. The molecule has 0 saturated heterocycles. The van der Waals surface area contributed by atoms with Gasteiger partial charge in [0.1, 0.15) is 0 Å². The highest BCUT2D eigenvalue weighted by molar-refractivity contribution is 14.1. The Kier molecular flexibility index (Phi) is 3.60. The summed E-state index contributed by atoms with van der Waals surface area (Å²) in [6.07, 6.45) is 0. The maximum Gasteiger partial charge on any atom is 0.0461 e. The summed E-state index contributed by atoms with van der Waals surface area (Å²) in [5.74, 6) is 0. The summed E-state index contributed by atoms with van der Waals surface area (Å²) in [5.41, 5.74) is 13.1. The summed E-state index contributed by atoms with van der Waals surface area (Å²) < 4.78 is 1.08. The fourth-order valence-electron chi connectivity index (χ4n) is 1.26. The Morgan fingerprint density at radius 2 is 1.50 bits per heavy atom. The molecule has 0 radical (unpaired) electrons. The molecule has 2 aromatic rings. The molecule has 0 aromatic heterocycles. The summed E-state index contributed by atoms with van der Waals surface area (Å²) in [4.78, 5) is 2.30. The van der Waals surface area contributed by atoms with Gasteiger partial charge in [0.15, 0.2) is 0 Å². The number of benzene rings is 2. The molecule has 0 fully saturated rings. The van der Waals surface area contributed by atoms with E-state index in [4.69, 9.17) is 11.5 Å². The number of anilines is 2. The maximum atomic E-state index is 5.86. The van der Waals surface area contributed by atoms with E-state index in [0.717, 1.165) is 24.7 Å². The van der Waals surface area contributed by atoms with Gasteiger partial charge in [-0.15, -0.1) is 0 Å². The maximum absolute atomic E-state index is 5.86. The number of hydrogen-bond donors (Lipinski definition) is 2. The van der Waals surface area contributed by atoms with Gasteiger partial charge >= 0.3 is 0 Å². The van der Waals surface area contributed by atoms with E-state index < -0.39 is 0 Å². The molecule has 82 valence electrons. The fourth-order valence-corrected chi connectivity index (χ4v) is 2.46. The normalized spacial score (nSPS) is 10.3. The molecule has 2 nitrogen and oxygen atoms in total. The van der Waals surface area contributed by atoms with Gasteiger partial charge in [0.25, 0.3) is 0 Å². The first kappa shape index (κ1) is 11.6. The zero-order chi connectivity index (χ0) is 11.5. The van der Waals surface area contributed by atoms with E-state index in [1.807, 2.05) is 36.4 Å². The molecule has 0 unspecified atom stereocenters. The predicted octanol–water partition coefficient (Wildman–Crippen LogP) is 3.61. The molecule has 0 heterocycles. The second kappa shape index (κ2) is 4.97. The average Bonchev–Trinajstić information content (AvgIpc) is 2.27. The highest BCUT2D eigenvalue weighted by Crippen LogP contribution is 2.30. The molecular formula is C12H11IN2S. The largest absolute Gasteiger partial charge is 0.399 e. The van der Waals surface area contributed by atoms with Crippen LogP contribution in [0.3, 0.4) is 0 Å². The third-order valence-corrected chi connectivity index (χ3v) is 4.06. The fraction of sp³-hybridized carbons (Fsp3) is 0. The SMILES string of the molecule is Nc1ccc(Sc2ccc(I)c(N)c2)cc1. The van der Waals surface area contributed by atoms with E-state index in [1.54, 1.807) is 11.8 Å². The van der Waals surface area contributed by atoms with Gasteiger partial charge in [0.2, 0.25) is 0 Å². The summed E-state index contributed by atoms with van der Waals surface area (Å²) >= 11 is 3.91. The highest BCUT2D eigenvalue weighted by Gasteiger charge is 2.00. The van der Waals surface area contributed by atoms with Crippen LogP contribution in [0, 0.1) is 3.57 Å². The van der Waals surface area contributed by atoms with Crippen LogP contribution in [0.1, 0.15) is 0 Å². The van der Waals surface area contributed by atoms with Crippen LogP contribution in [0.25, 0.3) is 0 Å². The Morgan fingerprint density at radius 1 is 0.875 bits per heavy atom. The third kappa shape index (κ3) is 2.82. The van der Waals surface area contributed by atoms with E-state index in [0.29, 0.717) is 0 Å². The lowest BCUT2D eigenvalue weighted by Crippen LogP contribution is -1.88. The second-order valence-electron chi connectivity index (χ2n) is 3.35. The minimum Gasteiger partial charge on any atom is -0.399 e. The average molecular weight is 342 g/mol. The standard InChI is InChI=1S/C12H11IN2S/c13-11-6-5-10(7-12(11)15)16-9-3-1-8(14)2-4-9/h1-7H,14-15H2. The van der Waals surface area contributed by atoms with Crippen LogP contribution in [0.15, 0.2) is 52.3 Å². The molecule has 0 aliphatic carbocycles. The molecule has 0 amide bonds. The molecule has 0 bridgehead atoms. The molecular weight excluding hydrogens is 331 g/mol. The van der Waals surface area contributed by atoms with Gasteiger partial charge in [-0.1, -0.05) is 11.8 Å². The van der Waals surface area contributed by atoms with Crippen LogP contribution in [0.4, 0.5) is 11.4 Å². The van der Waals surface area contributed by atoms with Crippen molar-refractivity contribution in [2.45, 2.75) is 9.79 Å². The van der Waals surface area contributed by atoms with Crippen molar-refractivity contribution in [2.24, 2.45) is 0 Å². The lowest BCUT2D eigenvalue weighted by Gasteiger charge is -2.04. The molecule has 2 rings (SSSR count). The molecule has 4 heteroatoms.